The zero-order chi connectivity index (χ0) is 18.7. The predicted molar refractivity (Wildman–Crippen MR) is 96.4 cm³/mol. The smallest absolute Gasteiger partial charge is 0.262 e. The Kier molecular flexibility index (Phi) is 5.13. The molecule has 8 heteroatoms. The number of hydrogen-bond donors (Lipinski definition) is 1. The molecule has 1 aliphatic heterocycles. The molecule has 1 amide bonds. The molecule has 3 rings (SSSR count). The topological polar surface area (TPSA) is 75.7 Å². The molecule has 0 spiro atoms. The van der Waals surface area contributed by atoms with Crippen molar-refractivity contribution in [3.05, 3.63) is 48.3 Å². The third-order valence-electron chi connectivity index (χ3n) is 4.02. The molecule has 1 aliphatic rings. The minimum absolute atomic E-state index is 0.00563. The van der Waals surface area contributed by atoms with Gasteiger partial charge < -0.3 is 9.64 Å². The predicted octanol–water partition coefficient (Wildman–Crippen LogP) is 3.15. The SMILES string of the molecule is CCOc1ccc(S(=O)(=O)Nc2ccc(N3CCCC3=O)cc2)cc1F. The van der Waals surface area contributed by atoms with Gasteiger partial charge in [0.1, 0.15) is 0 Å². The van der Waals surface area contributed by atoms with Crippen LogP contribution >= 0.6 is 0 Å². The van der Waals surface area contributed by atoms with Crippen LogP contribution in [0.25, 0.3) is 0 Å². The first-order chi connectivity index (χ1) is 12.4. The molecule has 0 saturated carbocycles. The molecule has 0 bridgehead atoms. The fraction of sp³-hybridized carbons (Fsp3) is 0.278. The van der Waals surface area contributed by atoms with Gasteiger partial charge in [-0.25, -0.2) is 12.8 Å². The van der Waals surface area contributed by atoms with Crippen molar-refractivity contribution in [1.82, 2.24) is 0 Å². The highest BCUT2D eigenvalue weighted by Crippen LogP contribution is 2.26. The Morgan fingerprint density at radius 1 is 1.19 bits per heavy atom. The second-order valence-corrected chi connectivity index (χ2v) is 7.51. The minimum Gasteiger partial charge on any atom is -0.491 e. The molecule has 26 heavy (non-hydrogen) atoms. The largest absolute Gasteiger partial charge is 0.491 e. The lowest BCUT2D eigenvalue weighted by molar-refractivity contribution is -0.117. The molecule has 0 atom stereocenters. The number of ether oxygens (including phenoxy) is 1. The van der Waals surface area contributed by atoms with Crippen LogP contribution in [0.5, 0.6) is 5.75 Å². The molecule has 0 unspecified atom stereocenters. The van der Waals surface area contributed by atoms with Gasteiger partial charge in [-0.15, -0.1) is 0 Å². The zero-order valence-electron chi connectivity index (χ0n) is 14.2. The van der Waals surface area contributed by atoms with Gasteiger partial charge in [0, 0.05) is 24.3 Å². The summed E-state index contributed by atoms with van der Waals surface area (Å²) in [4.78, 5) is 13.2. The van der Waals surface area contributed by atoms with Crippen molar-refractivity contribution < 1.29 is 22.3 Å². The van der Waals surface area contributed by atoms with Crippen LogP contribution in [0.15, 0.2) is 47.4 Å². The summed E-state index contributed by atoms with van der Waals surface area (Å²) in [5, 5.41) is 0. The Labute approximate surface area is 151 Å². The Hall–Kier alpha value is -2.61. The summed E-state index contributed by atoms with van der Waals surface area (Å²) in [6, 6.07) is 10.0. The Bertz CT molecular complexity index is 913. The lowest BCUT2D eigenvalue weighted by Crippen LogP contribution is -2.23. The van der Waals surface area contributed by atoms with Crippen molar-refractivity contribution in [3.63, 3.8) is 0 Å². The average Bonchev–Trinajstić information content (AvgIpc) is 3.03. The number of nitrogens with one attached hydrogen (secondary N) is 1. The van der Waals surface area contributed by atoms with Crippen LogP contribution in [-0.2, 0) is 14.8 Å². The van der Waals surface area contributed by atoms with E-state index in [0.717, 1.165) is 18.2 Å². The highest BCUT2D eigenvalue weighted by Gasteiger charge is 2.22. The summed E-state index contributed by atoms with van der Waals surface area (Å²) in [5.41, 5.74) is 1.05. The van der Waals surface area contributed by atoms with E-state index in [2.05, 4.69) is 4.72 Å². The summed E-state index contributed by atoms with van der Waals surface area (Å²) >= 11 is 0. The zero-order valence-corrected chi connectivity index (χ0v) is 15.1. The number of hydrogen-bond acceptors (Lipinski definition) is 4. The lowest BCUT2D eigenvalue weighted by Gasteiger charge is -2.16. The van der Waals surface area contributed by atoms with Crippen LogP contribution < -0.4 is 14.4 Å². The van der Waals surface area contributed by atoms with Crippen molar-refractivity contribution in [2.75, 3.05) is 22.8 Å². The maximum absolute atomic E-state index is 13.9. The maximum Gasteiger partial charge on any atom is 0.262 e. The van der Waals surface area contributed by atoms with E-state index in [1.807, 2.05) is 0 Å². The molecule has 2 aromatic carbocycles. The molecule has 2 aromatic rings. The molecule has 138 valence electrons. The van der Waals surface area contributed by atoms with E-state index >= 15 is 0 Å². The number of anilines is 2. The van der Waals surface area contributed by atoms with Crippen molar-refractivity contribution >= 4 is 27.3 Å². The molecule has 1 saturated heterocycles. The minimum atomic E-state index is -3.94. The number of nitrogens with zero attached hydrogens (tertiary/aromatic N) is 1. The fourth-order valence-electron chi connectivity index (χ4n) is 2.77. The molecule has 1 fully saturated rings. The highest BCUT2D eigenvalue weighted by molar-refractivity contribution is 7.92. The summed E-state index contributed by atoms with van der Waals surface area (Å²) in [6.07, 6.45) is 1.34. The first kappa shape index (κ1) is 18.2. The summed E-state index contributed by atoms with van der Waals surface area (Å²) in [7, 11) is -3.94. The van der Waals surface area contributed by atoms with Gasteiger partial charge in [-0.3, -0.25) is 9.52 Å². The number of halogens is 1. The van der Waals surface area contributed by atoms with Gasteiger partial charge in [0.25, 0.3) is 10.0 Å². The van der Waals surface area contributed by atoms with Gasteiger partial charge in [-0.2, -0.15) is 0 Å². The van der Waals surface area contributed by atoms with E-state index < -0.39 is 15.8 Å². The van der Waals surface area contributed by atoms with Crippen molar-refractivity contribution in [2.45, 2.75) is 24.7 Å². The normalized spacial score (nSPS) is 14.5. The fourth-order valence-corrected chi connectivity index (χ4v) is 3.84. The quantitative estimate of drug-likeness (QED) is 0.838. The van der Waals surface area contributed by atoms with E-state index in [-0.39, 0.29) is 23.2 Å². The molecule has 0 aromatic heterocycles. The van der Waals surface area contributed by atoms with Crippen molar-refractivity contribution in [1.29, 1.82) is 0 Å². The number of sulfonamides is 1. The van der Waals surface area contributed by atoms with Crippen LogP contribution in [0.4, 0.5) is 15.8 Å². The van der Waals surface area contributed by atoms with Crippen LogP contribution in [0, 0.1) is 5.82 Å². The standard InChI is InChI=1S/C18H19FN2O4S/c1-2-25-17-10-9-15(12-16(17)19)26(23,24)20-13-5-7-14(8-6-13)21-11-3-4-18(21)22/h5-10,12,20H,2-4,11H2,1H3. The van der Waals surface area contributed by atoms with Gasteiger partial charge in [-0.1, -0.05) is 0 Å². The summed E-state index contributed by atoms with van der Waals surface area (Å²) in [6.45, 7) is 2.66. The molecule has 6 nitrogen and oxygen atoms in total. The second-order valence-electron chi connectivity index (χ2n) is 5.83. The molecule has 0 aliphatic carbocycles. The van der Waals surface area contributed by atoms with Gasteiger partial charge in [0.05, 0.1) is 11.5 Å². The van der Waals surface area contributed by atoms with Crippen molar-refractivity contribution in [3.8, 4) is 5.75 Å². The molecular formula is C18H19FN2O4S. The third-order valence-corrected chi connectivity index (χ3v) is 5.40. The van der Waals surface area contributed by atoms with E-state index in [4.69, 9.17) is 4.74 Å². The van der Waals surface area contributed by atoms with Crippen molar-refractivity contribution in [2.24, 2.45) is 0 Å². The number of carbonyl (C=O) groups excluding carboxylic acids is 1. The van der Waals surface area contributed by atoms with Gasteiger partial charge in [0.2, 0.25) is 5.91 Å². The third kappa shape index (κ3) is 3.80. The molecule has 0 radical (unpaired) electrons. The number of benzene rings is 2. The number of amides is 1. The highest BCUT2D eigenvalue weighted by atomic mass is 32.2. The first-order valence-corrected chi connectivity index (χ1v) is 9.74. The van der Waals surface area contributed by atoms with Gasteiger partial charge in [-0.05, 0) is 55.8 Å². The Morgan fingerprint density at radius 2 is 1.92 bits per heavy atom. The monoisotopic (exact) mass is 378 g/mol. The van der Waals surface area contributed by atoms with Crippen LogP contribution in [0.2, 0.25) is 0 Å². The molecular weight excluding hydrogens is 359 g/mol. The van der Waals surface area contributed by atoms with E-state index in [1.165, 1.54) is 12.1 Å². The van der Waals surface area contributed by atoms with Crippen LogP contribution in [0.1, 0.15) is 19.8 Å². The Balaban J connectivity index is 1.77. The van der Waals surface area contributed by atoms with Gasteiger partial charge in [0.15, 0.2) is 11.6 Å². The molecule has 1 heterocycles. The number of rotatable bonds is 6. The van der Waals surface area contributed by atoms with E-state index in [1.54, 1.807) is 36.1 Å². The maximum atomic E-state index is 13.9. The van der Waals surface area contributed by atoms with E-state index in [0.29, 0.717) is 18.7 Å². The lowest BCUT2D eigenvalue weighted by atomic mass is 10.2. The summed E-state index contributed by atoms with van der Waals surface area (Å²) < 4.78 is 46.3. The average molecular weight is 378 g/mol. The second kappa shape index (κ2) is 7.33. The Morgan fingerprint density at radius 3 is 2.50 bits per heavy atom. The van der Waals surface area contributed by atoms with Gasteiger partial charge >= 0.3 is 0 Å². The van der Waals surface area contributed by atoms with E-state index in [9.17, 15) is 17.6 Å². The molecule has 1 N–H and O–H groups in total. The number of carbonyl (C=O) groups is 1. The first-order valence-electron chi connectivity index (χ1n) is 8.26. The van der Waals surface area contributed by atoms with Crippen LogP contribution in [0.3, 0.4) is 0 Å². The summed E-state index contributed by atoms with van der Waals surface area (Å²) in [5.74, 6) is -0.674. The van der Waals surface area contributed by atoms with Crippen LogP contribution in [-0.4, -0.2) is 27.5 Å².